The van der Waals surface area contributed by atoms with Gasteiger partial charge in [0, 0.05) is 39.1 Å². The number of halogens is 1. The maximum Gasteiger partial charge on any atom is 0.222 e. The van der Waals surface area contributed by atoms with E-state index in [0.29, 0.717) is 25.4 Å². The van der Waals surface area contributed by atoms with Crippen molar-refractivity contribution in [2.75, 3.05) is 45.9 Å². The first-order chi connectivity index (χ1) is 13.7. The maximum absolute atomic E-state index is 12.9. The molecule has 1 fully saturated rings. The first kappa shape index (κ1) is 20.1. The molecular formula is C22H27FN2O3. The Hall–Kier alpha value is -2.60. The van der Waals surface area contributed by atoms with Gasteiger partial charge >= 0.3 is 0 Å². The summed E-state index contributed by atoms with van der Waals surface area (Å²) >= 11 is 0. The van der Waals surface area contributed by atoms with Gasteiger partial charge in [-0.2, -0.15) is 0 Å². The number of rotatable bonds is 9. The van der Waals surface area contributed by atoms with E-state index in [1.807, 2.05) is 35.2 Å². The van der Waals surface area contributed by atoms with Crippen LogP contribution in [0.4, 0.5) is 4.39 Å². The number of hydrogen-bond acceptors (Lipinski definition) is 4. The molecule has 0 atom stereocenters. The van der Waals surface area contributed by atoms with Crippen LogP contribution in [0.2, 0.25) is 0 Å². The molecule has 1 heterocycles. The number of benzene rings is 2. The van der Waals surface area contributed by atoms with Crippen molar-refractivity contribution in [2.45, 2.75) is 12.8 Å². The molecule has 2 aromatic carbocycles. The van der Waals surface area contributed by atoms with E-state index >= 15 is 0 Å². The molecule has 0 radical (unpaired) electrons. The molecular weight excluding hydrogens is 359 g/mol. The Labute approximate surface area is 165 Å². The van der Waals surface area contributed by atoms with Crippen LogP contribution in [0, 0.1) is 5.82 Å². The van der Waals surface area contributed by atoms with Crippen molar-refractivity contribution in [1.29, 1.82) is 0 Å². The van der Waals surface area contributed by atoms with E-state index in [1.54, 1.807) is 12.1 Å². The van der Waals surface area contributed by atoms with Crippen LogP contribution in [0.15, 0.2) is 54.6 Å². The fraction of sp³-hybridized carbons (Fsp3) is 0.409. The minimum absolute atomic E-state index is 0.193. The Kier molecular flexibility index (Phi) is 7.67. The summed E-state index contributed by atoms with van der Waals surface area (Å²) in [6.07, 6.45) is 1.24. The van der Waals surface area contributed by atoms with E-state index in [0.717, 1.165) is 44.9 Å². The van der Waals surface area contributed by atoms with Gasteiger partial charge in [0.1, 0.15) is 23.9 Å². The molecule has 150 valence electrons. The molecule has 28 heavy (non-hydrogen) atoms. The second kappa shape index (κ2) is 10.7. The summed E-state index contributed by atoms with van der Waals surface area (Å²) in [5, 5.41) is 0. The Morgan fingerprint density at radius 1 is 0.857 bits per heavy atom. The predicted octanol–water partition coefficient (Wildman–Crippen LogP) is 3.21. The van der Waals surface area contributed by atoms with Crippen LogP contribution in [0.3, 0.4) is 0 Å². The van der Waals surface area contributed by atoms with E-state index < -0.39 is 0 Å². The van der Waals surface area contributed by atoms with E-state index in [1.165, 1.54) is 12.1 Å². The molecule has 1 amide bonds. The summed E-state index contributed by atoms with van der Waals surface area (Å²) in [5.74, 6) is 1.44. The van der Waals surface area contributed by atoms with Crippen molar-refractivity contribution in [3.63, 3.8) is 0 Å². The highest BCUT2D eigenvalue weighted by Gasteiger charge is 2.20. The van der Waals surface area contributed by atoms with Crippen LogP contribution >= 0.6 is 0 Å². The molecule has 1 aliphatic rings. The van der Waals surface area contributed by atoms with Crippen LogP contribution in [0.5, 0.6) is 11.5 Å². The quantitative estimate of drug-likeness (QED) is 0.621. The molecule has 6 heteroatoms. The lowest BCUT2D eigenvalue weighted by Crippen LogP contribution is -2.49. The van der Waals surface area contributed by atoms with Crippen molar-refractivity contribution in [3.8, 4) is 11.5 Å². The highest BCUT2D eigenvalue weighted by Crippen LogP contribution is 2.12. The molecule has 0 aromatic heterocycles. The molecule has 0 bridgehead atoms. The van der Waals surface area contributed by atoms with Crippen LogP contribution in [0.1, 0.15) is 12.8 Å². The van der Waals surface area contributed by atoms with Gasteiger partial charge < -0.3 is 14.4 Å². The highest BCUT2D eigenvalue weighted by molar-refractivity contribution is 5.76. The fourth-order valence-electron chi connectivity index (χ4n) is 3.13. The second-order valence-corrected chi connectivity index (χ2v) is 6.79. The molecule has 0 unspecified atom stereocenters. The minimum Gasteiger partial charge on any atom is -0.494 e. The van der Waals surface area contributed by atoms with Gasteiger partial charge in [0.2, 0.25) is 5.91 Å². The van der Waals surface area contributed by atoms with E-state index in [4.69, 9.17) is 9.47 Å². The van der Waals surface area contributed by atoms with Gasteiger partial charge in [0.05, 0.1) is 6.61 Å². The summed E-state index contributed by atoms with van der Waals surface area (Å²) in [4.78, 5) is 16.6. The zero-order chi connectivity index (χ0) is 19.6. The van der Waals surface area contributed by atoms with E-state index in [-0.39, 0.29) is 11.7 Å². The smallest absolute Gasteiger partial charge is 0.222 e. The highest BCUT2D eigenvalue weighted by atomic mass is 19.1. The largest absolute Gasteiger partial charge is 0.494 e. The normalized spacial score (nSPS) is 14.7. The summed E-state index contributed by atoms with van der Waals surface area (Å²) < 4.78 is 24.1. The zero-order valence-electron chi connectivity index (χ0n) is 16.1. The van der Waals surface area contributed by atoms with Crippen molar-refractivity contribution >= 4 is 5.91 Å². The first-order valence-corrected chi connectivity index (χ1v) is 9.77. The standard InChI is InChI=1S/C22H27FN2O3/c23-19-8-10-21(11-9-19)28-18-16-24-12-14-25(15-13-24)22(26)7-4-17-27-20-5-2-1-3-6-20/h1-3,5-6,8-11H,4,7,12-18H2. The number of carbonyl (C=O) groups is 1. The minimum atomic E-state index is -0.264. The number of carbonyl (C=O) groups excluding carboxylic acids is 1. The van der Waals surface area contributed by atoms with E-state index in [9.17, 15) is 9.18 Å². The van der Waals surface area contributed by atoms with Gasteiger partial charge in [-0.25, -0.2) is 4.39 Å². The maximum atomic E-state index is 12.9. The summed E-state index contributed by atoms with van der Waals surface area (Å²) in [5.41, 5.74) is 0. The average molecular weight is 386 g/mol. The Balaban J connectivity index is 1.26. The lowest BCUT2D eigenvalue weighted by molar-refractivity contribution is -0.133. The van der Waals surface area contributed by atoms with Crippen LogP contribution in [0.25, 0.3) is 0 Å². The number of amides is 1. The van der Waals surface area contributed by atoms with Crippen molar-refractivity contribution in [1.82, 2.24) is 9.80 Å². The van der Waals surface area contributed by atoms with Gasteiger partial charge in [-0.15, -0.1) is 0 Å². The molecule has 1 aliphatic heterocycles. The lowest BCUT2D eigenvalue weighted by Gasteiger charge is -2.34. The molecule has 3 rings (SSSR count). The molecule has 1 saturated heterocycles. The Bertz CT molecular complexity index is 716. The fourth-order valence-corrected chi connectivity index (χ4v) is 3.13. The molecule has 2 aromatic rings. The molecule has 5 nitrogen and oxygen atoms in total. The Morgan fingerprint density at radius 2 is 1.50 bits per heavy atom. The van der Waals surface area contributed by atoms with Crippen LogP contribution in [-0.4, -0.2) is 61.6 Å². The van der Waals surface area contributed by atoms with Gasteiger partial charge in [0.15, 0.2) is 0 Å². The zero-order valence-corrected chi connectivity index (χ0v) is 16.1. The monoisotopic (exact) mass is 386 g/mol. The number of nitrogens with zero attached hydrogens (tertiary/aromatic N) is 2. The number of hydrogen-bond donors (Lipinski definition) is 0. The van der Waals surface area contributed by atoms with Crippen molar-refractivity contribution < 1.29 is 18.7 Å². The third kappa shape index (κ3) is 6.53. The van der Waals surface area contributed by atoms with Gasteiger partial charge in [-0.1, -0.05) is 18.2 Å². The molecule has 0 spiro atoms. The number of ether oxygens (including phenoxy) is 2. The van der Waals surface area contributed by atoms with Crippen molar-refractivity contribution in [2.24, 2.45) is 0 Å². The molecule has 0 saturated carbocycles. The number of piperazine rings is 1. The second-order valence-electron chi connectivity index (χ2n) is 6.79. The van der Waals surface area contributed by atoms with Crippen LogP contribution in [-0.2, 0) is 4.79 Å². The average Bonchev–Trinajstić information content (AvgIpc) is 2.74. The molecule has 0 N–H and O–H groups in total. The first-order valence-electron chi connectivity index (χ1n) is 9.77. The van der Waals surface area contributed by atoms with E-state index in [2.05, 4.69) is 4.90 Å². The number of para-hydroxylation sites is 1. The van der Waals surface area contributed by atoms with Gasteiger partial charge in [0.25, 0.3) is 0 Å². The lowest BCUT2D eigenvalue weighted by atomic mass is 10.2. The Morgan fingerprint density at radius 3 is 2.21 bits per heavy atom. The molecule has 0 aliphatic carbocycles. The predicted molar refractivity (Wildman–Crippen MR) is 106 cm³/mol. The topological polar surface area (TPSA) is 42.0 Å². The van der Waals surface area contributed by atoms with Gasteiger partial charge in [-0.05, 0) is 42.8 Å². The van der Waals surface area contributed by atoms with Crippen LogP contribution < -0.4 is 9.47 Å². The summed E-state index contributed by atoms with van der Waals surface area (Å²) in [6, 6.07) is 15.7. The van der Waals surface area contributed by atoms with Crippen molar-refractivity contribution in [3.05, 3.63) is 60.4 Å². The van der Waals surface area contributed by atoms with Gasteiger partial charge in [-0.3, -0.25) is 9.69 Å². The summed E-state index contributed by atoms with van der Waals surface area (Å²) in [6.45, 7) is 5.08. The third-order valence-electron chi connectivity index (χ3n) is 4.76. The SMILES string of the molecule is O=C(CCCOc1ccccc1)N1CCN(CCOc2ccc(F)cc2)CC1. The summed E-state index contributed by atoms with van der Waals surface area (Å²) in [7, 11) is 0. The third-order valence-corrected chi connectivity index (χ3v) is 4.76.